The molecule has 1 amide bonds. The van der Waals surface area contributed by atoms with Crippen LogP contribution in [0.1, 0.15) is 16.1 Å². The Kier molecular flexibility index (Phi) is 5.36. The highest BCUT2D eigenvalue weighted by Gasteiger charge is 2.23. The van der Waals surface area contributed by atoms with Crippen LogP contribution in [0.25, 0.3) is 10.9 Å². The smallest absolute Gasteiger partial charge is 0.277 e. The van der Waals surface area contributed by atoms with Crippen molar-refractivity contribution in [1.82, 2.24) is 10.6 Å². The number of halogens is 2. The second-order valence-electron chi connectivity index (χ2n) is 5.36. The Morgan fingerprint density at radius 2 is 2.19 bits per heavy atom. The minimum atomic E-state index is -0.758. The predicted molar refractivity (Wildman–Crippen MR) is 93.9 cm³/mol. The van der Waals surface area contributed by atoms with Crippen LogP contribution in [0, 0.1) is 12.7 Å². The Hall–Kier alpha value is -2.68. The van der Waals surface area contributed by atoms with Gasteiger partial charge in [0.1, 0.15) is 5.76 Å². The first-order chi connectivity index (χ1) is 12.5. The number of hydroxylamine groups is 1. The molecule has 0 spiro atoms. The van der Waals surface area contributed by atoms with Gasteiger partial charge in [-0.15, -0.1) is 0 Å². The van der Waals surface area contributed by atoms with Crippen LogP contribution in [0.15, 0.2) is 34.9 Å². The number of anilines is 2. The van der Waals surface area contributed by atoms with Gasteiger partial charge in [0, 0.05) is 5.39 Å². The number of carbonyl (C=O) groups is 1. The summed E-state index contributed by atoms with van der Waals surface area (Å²) in [5.74, 6) is -1.09. The number of nitrogens with one attached hydrogen (secondary N) is 2. The summed E-state index contributed by atoms with van der Waals surface area (Å²) in [6.07, 6.45) is 0. The predicted octanol–water partition coefficient (Wildman–Crippen LogP) is 3.33. The molecule has 0 aliphatic carbocycles. The van der Waals surface area contributed by atoms with E-state index in [0.717, 1.165) is 0 Å². The van der Waals surface area contributed by atoms with Crippen LogP contribution in [0.2, 0.25) is 5.02 Å². The van der Waals surface area contributed by atoms with E-state index in [-0.39, 0.29) is 30.0 Å². The Balaban J connectivity index is 2.09. The van der Waals surface area contributed by atoms with Gasteiger partial charge in [0.2, 0.25) is 0 Å². The lowest BCUT2D eigenvalue weighted by atomic mass is 10.1. The van der Waals surface area contributed by atoms with Gasteiger partial charge in [-0.25, -0.2) is 9.87 Å². The average molecular weight is 380 g/mol. The van der Waals surface area contributed by atoms with E-state index < -0.39 is 11.7 Å². The second-order valence-corrected chi connectivity index (χ2v) is 5.76. The summed E-state index contributed by atoms with van der Waals surface area (Å²) in [6.45, 7) is 1.24. The third kappa shape index (κ3) is 3.48. The van der Waals surface area contributed by atoms with Crippen LogP contribution < -0.4 is 10.8 Å². The number of hydrogen-bond acceptors (Lipinski definition) is 6. The normalized spacial score (nSPS) is 10.9. The number of nitrogens with zero attached hydrogens (tertiary/aromatic N) is 1. The molecule has 0 unspecified atom stereocenters. The van der Waals surface area contributed by atoms with Crippen molar-refractivity contribution in [1.29, 1.82) is 0 Å². The maximum Gasteiger partial charge on any atom is 0.277 e. The van der Waals surface area contributed by atoms with E-state index in [4.69, 9.17) is 26.1 Å². The first-order valence-electron chi connectivity index (χ1n) is 7.66. The Labute approximate surface area is 152 Å². The highest BCUT2D eigenvalue weighted by Crippen LogP contribution is 2.34. The summed E-state index contributed by atoms with van der Waals surface area (Å²) < 4.78 is 20.0. The van der Waals surface area contributed by atoms with Crippen molar-refractivity contribution in [2.45, 2.75) is 6.92 Å². The molecule has 3 aromatic rings. The Bertz CT molecular complexity index is 961. The first-order valence-corrected chi connectivity index (χ1v) is 8.03. The number of para-hydroxylation sites is 1. The fourth-order valence-corrected chi connectivity index (χ4v) is 2.56. The van der Waals surface area contributed by atoms with Gasteiger partial charge in [-0.1, -0.05) is 28.9 Å². The minimum absolute atomic E-state index is 0.00937. The van der Waals surface area contributed by atoms with Gasteiger partial charge < -0.3 is 14.9 Å². The van der Waals surface area contributed by atoms with Crippen molar-refractivity contribution in [3.05, 3.63) is 52.5 Å². The summed E-state index contributed by atoms with van der Waals surface area (Å²) in [4.78, 5) is 17.3. The zero-order valence-electron chi connectivity index (χ0n) is 13.7. The van der Waals surface area contributed by atoms with E-state index in [1.165, 1.54) is 6.07 Å². The zero-order chi connectivity index (χ0) is 18.7. The van der Waals surface area contributed by atoms with E-state index in [0.29, 0.717) is 21.9 Å². The average Bonchev–Trinajstić information content (AvgIpc) is 3.00. The fraction of sp³-hybridized carbons (Fsp3) is 0.176. The van der Waals surface area contributed by atoms with E-state index in [2.05, 4.69) is 16.0 Å². The molecule has 0 aliphatic heterocycles. The highest BCUT2D eigenvalue weighted by molar-refractivity contribution is 6.33. The molecule has 0 radical (unpaired) electrons. The molecular formula is C17H15ClFN3O4. The van der Waals surface area contributed by atoms with Crippen LogP contribution in [0.4, 0.5) is 15.8 Å². The van der Waals surface area contributed by atoms with Gasteiger partial charge in [-0.05, 0) is 25.1 Å². The summed E-state index contributed by atoms with van der Waals surface area (Å²) in [5.41, 5.74) is 2.41. The summed E-state index contributed by atoms with van der Waals surface area (Å²) in [5, 5.41) is 16.0. The van der Waals surface area contributed by atoms with E-state index in [1.54, 1.807) is 31.2 Å². The lowest BCUT2D eigenvalue weighted by Crippen LogP contribution is -2.26. The van der Waals surface area contributed by atoms with Gasteiger partial charge in [0.05, 0.1) is 35.2 Å². The number of carbonyl (C=O) groups excluding carboxylic acids is 1. The van der Waals surface area contributed by atoms with Crippen LogP contribution >= 0.6 is 11.6 Å². The van der Waals surface area contributed by atoms with Gasteiger partial charge in [0.15, 0.2) is 11.3 Å². The molecule has 3 N–H and O–H groups in total. The topological polar surface area (TPSA) is 96.6 Å². The summed E-state index contributed by atoms with van der Waals surface area (Å²) >= 11 is 6.11. The second kappa shape index (κ2) is 7.69. The van der Waals surface area contributed by atoms with E-state index in [9.17, 15) is 4.79 Å². The fourth-order valence-electron chi connectivity index (χ4n) is 2.38. The third-order valence-corrected chi connectivity index (χ3v) is 3.96. The molecule has 7 nitrogen and oxygen atoms in total. The van der Waals surface area contributed by atoms with Crippen LogP contribution in [0.3, 0.4) is 0 Å². The van der Waals surface area contributed by atoms with Gasteiger partial charge in [-0.2, -0.15) is 0 Å². The van der Waals surface area contributed by atoms with Crippen molar-refractivity contribution >= 4 is 39.8 Å². The SMILES string of the molecule is Cc1onc2c(F)c(Nc3ccccc3Cl)c(C(=O)NOCCO)cc12. The third-order valence-electron chi connectivity index (χ3n) is 3.63. The first kappa shape index (κ1) is 18.1. The van der Waals surface area contributed by atoms with Crippen molar-refractivity contribution in [3.8, 4) is 0 Å². The van der Waals surface area contributed by atoms with Gasteiger partial charge in [-0.3, -0.25) is 9.63 Å². The minimum Gasteiger partial charge on any atom is -0.394 e. The maximum absolute atomic E-state index is 15.0. The summed E-state index contributed by atoms with van der Waals surface area (Å²) in [7, 11) is 0. The highest BCUT2D eigenvalue weighted by atomic mass is 35.5. The molecule has 3 rings (SSSR count). The number of aliphatic hydroxyl groups is 1. The number of hydrogen-bond donors (Lipinski definition) is 3. The number of rotatable bonds is 6. The molecule has 0 aliphatic rings. The molecule has 0 atom stereocenters. The Morgan fingerprint density at radius 1 is 1.42 bits per heavy atom. The van der Waals surface area contributed by atoms with Crippen molar-refractivity contribution in [2.24, 2.45) is 0 Å². The number of fused-ring (bicyclic) bond motifs is 1. The number of aromatic nitrogens is 1. The molecule has 26 heavy (non-hydrogen) atoms. The summed E-state index contributed by atoms with van der Waals surface area (Å²) in [6, 6.07) is 8.16. The maximum atomic E-state index is 15.0. The molecule has 136 valence electrons. The van der Waals surface area contributed by atoms with Gasteiger partial charge in [0.25, 0.3) is 5.91 Å². The molecule has 0 bridgehead atoms. The largest absolute Gasteiger partial charge is 0.394 e. The van der Waals surface area contributed by atoms with Crippen LogP contribution in [-0.2, 0) is 4.84 Å². The molecule has 0 saturated heterocycles. The lowest BCUT2D eigenvalue weighted by molar-refractivity contribution is 0.0169. The number of benzene rings is 2. The molecule has 1 aromatic heterocycles. The number of aryl methyl sites for hydroxylation is 1. The van der Waals surface area contributed by atoms with Crippen molar-refractivity contribution in [2.75, 3.05) is 18.5 Å². The van der Waals surface area contributed by atoms with E-state index >= 15 is 4.39 Å². The zero-order valence-corrected chi connectivity index (χ0v) is 14.4. The quantitative estimate of drug-likeness (QED) is 0.449. The monoisotopic (exact) mass is 379 g/mol. The molecular weight excluding hydrogens is 365 g/mol. The molecule has 2 aromatic carbocycles. The van der Waals surface area contributed by atoms with Crippen molar-refractivity contribution < 1.29 is 23.7 Å². The van der Waals surface area contributed by atoms with E-state index in [1.807, 2.05) is 0 Å². The lowest BCUT2D eigenvalue weighted by Gasteiger charge is -2.14. The van der Waals surface area contributed by atoms with Crippen LogP contribution in [0.5, 0.6) is 0 Å². The van der Waals surface area contributed by atoms with Crippen LogP contribution in [-0.4, -0.2) is 29.4 Å². The number of aliphatic hydroxyl groups excluding tert-OH is 1. The molecule has 0 fully saturated rings. The number of amides is 1. The molecule has 0 saturated carbocycles. The Morgan fingerprint density at radius 3 is 2.92 bits per heavy atom. The van der Waals surface area contributed by atoms with Gasteiger partial charge >= 0.3 is 0 Å². The molecule has 9 heteroatoms. The molecule has 1 heterocycles. The standard InChI is InChI=1S/C17H15ClFN3O4/c1-9-10-8-11(17(24)22-25-7-6-23)15(14(19)16(10)21-26-9)20-13-5-3-2-4-12(13)18/h2-5,8,20,23H,6-7H2,1H3,(H,22,24). The van der Waals surface area contributed by atoms with Crippen molar-refractivity contribution in [3.63, 3.8) is 0 Å².